The molecule has 1 aromatic heterocycles. The molecule has 1 aromatic rings. The number of hydrogen-bond donors (Lipinski definition) is 0. The molecule has 76 valence electrons. The lowest BCUT2D eigenvalue weighted by Crippen LogP contribution is -2.03. The first-order valence-electron chi connectivity index (χ1n) is 4.72. The number of ketones is 1. The number of carbonyl (C=O) groups is 1. The summed E-state index contributed by atoms with van der Waals surface area (Å²) >= 11 is 1.41. The van der Waals surface area contributed by atoms with E-state index in [1.807, 2.05) is 11.6 Å². The van der Waals surface area contributed by atoms with Crippen LogP contribution in [0, 0.1) is 5.92 Å². The quantitative estimate of drug-likeness (QED) is 0.766. The Kier molecular flexibility index (Phi) is 2.93. The molecule has 0 aliphatic heterocycles. The molecule has 2 rings (SSSR count). The van der Waals surface area contributed by atoms with E-state index in [1.54, 1.807) is 7.11 Å². The average Bonchev–Trinajstić information content (AvgIpc) is 2.74. The maximum absolute atomic E-state index is 11.7. The zero-order valence-corrected chi connectivity index (χ0v) is 8.92. The van der Waals surface area contributed by atoms with Gasteiger partial charge in [-0.1, -0.05) is 0 Å². The van der Waals surface area contributed by atoms with E-state index in [-0.39, 0.29) is 5.92 Å². The van der Waals surface area contributed by atoms with Crippen molar-refractivity contribution in [2.24, 2.45) is 5.92 Å². The van der Waals surface area contributed by atoms with Gasteiger partial charge in [0.2, 0.25) is 0 Å². The summed E-state index contributed by atoms with van der Waals surface area (Å²) in [5.74, 6) is 0.818. The van der Waals surface area contributed by atoms with Gasteiger partial charge < -0.3 is 4.74 Å². The second-order valence-electron chi connectivity index (χ2n) is 3.74. The van der Waals surface area contributed by atoms with Crippen LogP contribution in [0.25, 0.3) is 0 Å². The van der Waals surface area contributed by atoms with E-state index < -0.39 is 0 Å². The maximum Gasteiger partial charge on any atom is 0.140 e. The van der Waals surface area contributed by atoms with Gasteiger partial charge in [-0.25, -0.2) is 4.37 Å². The highest BCUT2D eigenvalue weighted by Crippen LogP contribution is 2.35. The van der Waals surface area contributed by atoms with Gasteiger partial charge in [-0.15, -0.1) is 0 Å². The highest BCUT2D eigenvalue weighted by atomic mass is 32.1. The lowest BCUT2D eigenvalue weighted by Gasteiger charge is -2.06. The summed E-state index contributed by atoms with van der Waals surface area (Å²) in [5, 5.41) is 1.97. The summed E-state index contributed by atoms with van der Waals surface area (Å²) in [6.07, 6.45) is 3.39. The fraction of sp³-hybridized carbons (Fsp3) is 0.600. The predicted octanol–water partition coefficient (Wildman–Crippen LogP) is 1.85. The first kappa shape index (κ1) is 9.80. The molecule has 2 unspecified atom stereocenters. The second kappa shape index (κ2) is 4.19. The molecule has 4 heteroatoms. The van der Waals surface area contributed by atoms with Crippen LogP contribution in [0.2, 0.25) is 0 Å². The lowest BCUT2D eigenvalue weighted by atomic mass is 9.99. The van der Waals surface area contributed by atoms with Crippen LogP contribution in [-0.4, -0.2) is 23.9 Å². The normalized spacial score (nSPS) is 27.1. The van der Waals surface area contributed by atoms with Crippen molar-refractivity contribution in [2.75, 3.05) is 13.7 Å². The van der Waals surface area contributed by atoms with Crippen LogP contribution in [0.5, 0.6) is 0 Å². The molecule has 1 aliphatic rings. The molecule has 2 atom stereocenters. The minimum Gasteiger partial charge on any atom is -0.384 e. The van der Waals surface area contributed by atoms with E-state index in [1.165, 1.54) is 11.5 Å². The zero-order chi connectivity index (χ0) is 9.97. The topological polar surface area (TPSA) is 39.2 Å². The first-order valence-corrected chi connectivity index (χ1v) is 5.56. The van der Waals surface area contributed by atoms with Crippen LogP contribution >= 0.6 is 11.5 Å². The smallest absolute Gasteiger partial charge is 0.140 e. The molecule has 0 aromatic carbocycles. The van der Waals surface area contributed by atoms with E-state index >= 15 is 0 Å². The summed E-state index contributed by atoms with van der Waals surface area (Å²) in [4.78, 5) is 11.7. The number of nitrogens with zero attached hydrogens (tertiary/aromatic N) is 1. The van der Waals surface area contributed by atoms with Crippen molar-refractivity contribution < 1.29 is 9.53 Å². The Morgan fingerprint density at radius 1 is 1.71 bits per heavy atom. The molecule has 1 saturated carbocycles. The van der Waals surface area contributed by atoms with Gasteiger partial charge >= 0.3 is 0 Å². The Morgan fingerprint density at radius 2 is 2.57 bits per heavy atom. The molecular formula is C10H13NO2S. The van der Waals surface area contributed by atoms with E-state index in [0.717, 1.165) is 12.0 Å². The molecule has 14 heavy (non-hydrogen) atoms. The third-order valence-corrected chi connectivity index (χ3v) is 3.31. The first-order chi connectivity index (χ1) is 6.81. The molecule has 0 N–H and O–H groups in total. The van der Waals surface area contributed by atoms with Gasteiger partial charge in [-0.2, -0.15) is 0 Å². The van der Waals surface area contributed by atoms with E-state index in [2.05, 4.69) is 4.37 Å². The molecule has 1 aliphatic carbocycles. The lowest BCUT2D eigenvalue weighted by molar-refractivity contribution is -0.118. The molecular weight excluding hydrogens is 198 g/mol. The number of Topliss-reactive ketones (excluding diaryl/α,β-unsaturated/α-hetero) is 1. The van der Waals surface area contributed by atoms with Crippen molar-refractivity contribution in [1.29, 1.82) is 0 Å². The molecule has 0 amide bonds. The van der Waals surface area contributed by atoms with E-state index in [9.17, 15) is 4.79 Å². The van der Waals surface area contributed by atoms with Gasteiger partial charge in [0.25, 0.3) is 0 Å². The summed E-state index contributed by atoms with van der Waals surface area (Å²) < 4.78 is 9.10. The van der Waals surface area contributed by atoms with E-state index in [4.69, 9.17) is 4.74 Å². The molecule has 1 heterocycles. The molecule has 0 saturated heterocycles. The number of aromatic nitrogens is 1. The van der Waals surface area contributed by atoms with Gasteiger partial charge in [0.15, 0.2) is 0 Å². The Labute approximate surface area is 87.3 Å². The Bertz CT molecular complexity index is 310. The number of hydrogen-bond acceptors (Lipinski definition) is 4. The standard InChI is InChI=1S/C10H13NO2S/c1-13-5-7-2-9(10(12)3-7)8-4-11-14-6-8/h4,6-7,9H,2-3,5H2,1H3. The van der Waals surface area contributed by atoms with Crippen molar-refractivity contribution in [3.63, 3.8) is 0 Å². The predicted molar refractivity (Wildman–Crippen MR) is 54.5 cm³/mol. The highest BCUT2D eigenvalue weighted by molar-refractivity contribution is 7.03. The van der Waals surface area contributed by atoms with Crippen molar-refractivity contribution in [1.82, 2.24) is 4.37 Å². The third-order valence-electron chi connectivity index (χ3n) is 2.70. The Morgan fingerprint density at radius 3 is 3.21 bits per heavy atom. The van der Waals surface area contributed by atoms with Crippen molar-refractivity contribution in [2.45, 2.75) is 18.8 Å². The molecule has 0 bridgehead atoms. The maximum atomic E-state index is 11.7. The second-order valence-corrected chi connectivity index (χ2v) is 4.40. The molecule has 0 radical (unpaired) electrons. The molecule has 3 nitrogen and oxygen atoms in total. The zero-order valence-electron chi connectivity index (χ0n) is 8.10. The fourth-order valence-electron chi connectivity index (χ4n) is 2.04. The fourth-order valence-corrected chi connectivity index (χ4v) is 2.63. The molecule has 0 spiro atoms. The number of ether oxygens (including phenoxy) is 1. The average molecular weight is 211 g/mol. The van der Waals surface area contributed by atoms with Crippen molar-refractivity contribution >= 4 is 17.3 Å². The highest BCUT2D eigenvalue weighted by Gasteiger charge is 2.33. The number of rotatable bonds is 3. The van der Waals surface area contributed by atoms with Crippen LogP contribution < -0.4 is 0 Å². The Balaban J connectivity index is 2.05. The van der Waals surface area contributed by atoms with Crippen molar-refractivity contribution in [3.8, 4) is 0 Å². The number of carbonyl (C=O) groups excluding carboxylic acids is 1. The SMILES string of the molecule is COCC1CC(=O)C(c2cnsc2)C1. The van der Waals surface area contributed by atoms with Crippen LogP contribution in [0.15, 0.2) is 11.6 Å². The molecule has 1 fully saturated rings. The largest absolute Gasteiger partial charge is 0.384 e. The van der Waals surface area contributed by atoms with Gasteiger partial charge in [-0.05, 0) is 29.4 Å². The summed E-state index contributed by atoms with van der Waals surface area (Å²) in [7, 11) is 1.68. The van der Waals surface area contributed by atoms with Gasteiger partial charge in [-0.3, -0.25) is 4.79 Å². The Hall–Kier alpha value is -0.740. The van der Waals surface area contributed by atoms with Gasteiger partial charge in [0.05, 0.1) is 0 Å². The van der Waals surface area contributed by atoms with Crippen LogP contribution in [0.3, 0.4) is 0 Å². The van der Waals surface area contributed by atoms with E-state index in [0.29, 0.717) is 24.7 Å². The monoisotopic (exact) mass is 211 g/mol. The van der Waals surface area contributed by atoms with Crippen molar-refractivity contribution in [3.05, 3.63) is 17.1 Å². The minimum absolute atomic E-state index is 0.0777. The minimum atomic E-state index is 0.0777. The third kappa shape index (κ3) is 1.86. The van der Waals surface area contributed by atoms with Gasteiger partial charge in [0, 0.05) is 37.6 Å². The van der Waals surface area contributed by atoms with Gasteiger partial charge in [0.1, 0.15) is 5.78 Å². The van der Waals surface area contributed by atoms with Crippen LogP contribution in [0.1, 0.15) is 24.3 Å². The van der Waals surface area contributed by atoms with Crippen LogP contribution in [0.4, 0.5) is 0 Å². The van der Waals surface area contributed by atoms with Crippen LogP contribution in [-0.2, 0) is 9.53 Å². The summed E-state index contributed by atoms with van der Waals surface area (Å²) in [5.41, 5.74) is 1.08. The summed E-state index contributed by atoms with van der Waals surface area (Å²) in [6, 6.07) is 0. The number of methoxy groups -OCH3 is 1. The summed E-state index contributed by atoms with van der Waals surface area (Å²) in [6.45, 7) is 0.694.